The van der Waals surface area contributed by atoms with Crippen LogP contribution in [0.3, 0.4) is 0 Å². The number of nitrogens with two attached hydrogens (primary N) is 1. The Morgan fingerprint density at radius 3 is 2.00 bits per heavy atom. The Morgan fingerprint density at radius 1 is 1.00 bits per heavy atom. The zero-order valence-corrected chi connectivity index (χ0v) is 11.8. The quantitative estimate of drug-likeness (QED) is 0.783. The second kappa shape index (κ2) is 5.09. The number of anilines is 1. The van der Waals surface area contributed by atoms with E-state index in [0.29, 0.717) is 5.41 Å². The molecule has 0 spiro atoms. The zero-order valence-electron chi connectivity index (χ0n) is 11.8. The summed E-state index contributed by atoms with van der Waals surface area (Å²) in [6.07, 6.45) is 0. The minimum atomic E-state index is 0.279. The minimum Gasteiger partial charge on any atom is -0.399 e. The number of nitrogens with one attached hydrogen (secondary N) is 1. The van der Waals surface area contributed by atoms with E-state index in [-0.39, 0.29) is 5.41 Å². The molecule has 0 saturated carbocycles. The first kappa shape index (κ1) is 14.0. The van der Waals surface area contributed by atoms with E-state index < -0.39 is 0 Å². The van der Waals surface area contributed by atoms with Crippen LogP contribution in [0, 0.1) is 10.8 Å². The lowest BCUT2D eigenvalue weighted by Crippen LogP contribution is -2.39. The van der Waals surface area contributed by atoms with Crippen molar-refractivity contribution in [3.63, 3.8) is 0 Å². The van der Waals surface area contributed by atoms with Crippen molar-refractivity contribution in [3.05, 3.63) is 29.8 Å². The minimum absolute atomic E-state index is 0.279. The second-order valence-corrected chi connectivity index (χ2v) is 6.48. The van der Waals surface area contributed by atoms with Gasteiger partial charge in [-0.15, -0.1) is 0 Å². The molecule has 0 unspecified atom stereocenters. The van der Waals surface area contributed by atoms with E-state index >= 15 is 0 Å². The summed E-state index contributed by atoms with van der Waals surface area (Å²) in [5.74, 6) is 0. The summed E-state index contributed by atoms with van der Waals surface area (Å²) in [6.45, 7) is 13.4. The average molecular weight is 234 g/mol. The van der Waals surface area contributed by atoms with Gasteiger partial charge in [-0.2, -0.15) is 0 Å². The Hall–Kier alpha value is -1.02. The molecular weight excluding hydrogens is 208 g/mol. The molecule has 0 radical (unpaired) electrons. The van der Waals surface area contributed by atoms with E-state index in [2.05, 4.69) is 52.1 Å². The Kier molecular flexibility index (Phi) is 4.21. The highest BCUT2D eigenvalue weighted by atomic mass is 14.9. The Bertz CT molecular complexity index is 344. The number of rotatable bonds is 4. The van der Waals surface area contributed by atoms with Gasteiger partial charge >= 0.3 is 0 Å². The molecule has 0 amide bonds. The average Bonchev–Trinajstić information content (AvgIpc) is 2.19. The van der Waals surface area contributed by atoms with Gasteiger partial charge in [0.15, 0.2) is 0 Å². The molecule has 0 aliphatic rings. The van der Waals surface area contributed by atoms with Crippen LogP contribution in [0.25, 0.3) is 0 Å². The Labute approximate surface area is 106 Å². The lowest BCUT2D eigenvalue weighted by molar-refractivity contribution is 0.129. The fourth-order valence-corrected chi connectivity index (χ4v) is 1.42. The molecule has 0 bridgehead atoms. The zero-order chi connectivity index (χ0) is 13.1. The summed E-state index contributed by atoms with van der Waals surface area (Å²) >= 11 is 0. The molecule has 2 nitrogen and oxygen atoms in total. The van der Waals surface area contributed by atoms with Crippen LogP contribution in [0.2, 0.25) is 0 Å². The number of benzene rings is 1. The summed E-state index contributed by atoms with van der Waals surface area (Å²) in [7, 11) is 0. The third kappa shape index (κ3) is 4.04. The van der Waals surface area contributed by atoms with Gasteiger partial charge in [0, 0.05) is 18.8 Å². The van der Waals surface area contributed by atoms with E-state index in [9.17, 15) is 0 Å². The van der Waals surface area contributed by atoms with Crippen LogP contribution in [0.15, 0.2) is 24.3 Å². The molecule has 1 aromatic rings. The molecule has 0 aliphatic carbocycles. The molecule has 0 aromatic heterocycles. The van der Waals surface area contributed by atoms with Crippen molar-refractivity contribution in [2.24, 2.45) is 10.8 Å². The normalized spacial score (nSPS) is 12.8. The molecule has 1 rings (SSSR count). The molecule has 0 atom stereocenters. The fraction of sp³-hybridized carbons (Fsp3) is 0.600. The number of hydrogen-bond acceptors (Lipinski definition) is 2. The first-order chi connectivity index (χ1) is 7.72. The summed E-state index contributed by atoms with van der Waals surface area (Å²) in [5, 5.41) is 3.53. The van der Waals surface area contributed by atoms with Crippen LogP contribution >= 0.6 is 0 Å². The SMILES string of the molecule is CC(C)(C)C(C)(C)CNCc1ccc(N)cc1. The van der Waals surface area contributed by atoms with Gasteiger partial charge < -0.3 is 11.1 Å². The third-order valence-electron chi connectivity index (χ3n) is 3.91. The first-order valence-electron chi connectivity index (χ1n) is 6.27. The lowest BCUT2D eigenvalue weighted by Gasteiger charge is -2.39. The Balaban J connectivity index is 2.45. The monoisotopic (exact) mass is 234 g/mol. The maximum Gasteiger partial charge on any atom is 0.0314 e. The standard InChI is InChI=1S/C15H26N2/c1-14(2,3)15(4,5)11-17-10-12-6-8-13(16)9-7-12/h6-9,17H,10-11,16H2,1-5H3. The molecule has 0 heterocycles. The van der Waals surface area contributed by atoms with Crippen molar-refractivity contribution < 1.29 is 0 Å². The van der Waals surface area contributed by atoms with Crippen molar-refractivity contribution in [2.45, 2.75) is 41.2 Å². The molecule has 0 fully saturated rings. The molecule has 3 N–H and O–H groups in total. The lowest BCUT2D eigenvalue weighted by atomic mass is 9.69. The predicted octanol–water partition coefficient (Wildman–Crippen LogP) is 3.43. The predicted molar refractivity (Wildman–Crippen MR) is 75.8 cm³/mol. The van der Waals surface area contributed by atoms with Gasteiger partial charge in [0.05, 0.1) is 0 Å². The largest absolute Gasteiger partial charge is 0.399 e. The van der Waals surface area contributed by atoms with Crippen LogP contribution in [-0.2, 0) is 6.54 Å². The van der Waals surface area contributed by atoms with E-state index in [1.165, 1.54) is 5.56 Å². The van der Waals surface area contributed by atoms with Gasteiger partial charge in [0.2, 0.25) is 0 Å². The molecule has 2 heteroatoms. The topological polar surface area (TPSA) is 38.0 Å². The number of nitrogen functional groups attached to an aromatic ring is 1. The van der Waals surface area contributed by atoms with Crippen molar-refractivity contribution in [1.82, 2.24) is 5.32 Å². The van der Waals surface area contributed by atoms with Crippen LogP contribution in [0.4, 0.5) is 5.69 Å². The van der Waals surface area contributed by atoms with Gasteiger partial charge in [0.25, 0.3) is 0 Å². The molecule has 1 aromatic carbocycles. The van der Waals surface area contributed by atoms with Crippen LogP contribution in [-0.4, -0.2) is 6.54 Å². The fourth-order valence-electron chi connectivity index (χ4n) is 1.42. The summed E-state index contributed by atoms with van der Waals surface area (Å²) in [6, 6.07) is 8.05. The summed E-state index contributed by atoms with van der Waals surface area (Å²) < 4.78 is 0. The third-order valence-corrected chi connectivity index (χ3v) is 3.91. The van der Waals surface area contributed by atoms with Crippen LogP contribution < -0.4 is 11.1 Å². The molecule has 96 valence electrons. The van der Waals surface area contributed by atoms with Crippen LogP contribution in [0.1, 0.15) is 40.2 Å². The van der Waals surface area contributed by atoms with Crippen molar-refractivity contribution in [2.75, 3.05) is 12.3 Å². The highest BCUT2D eigenvalue weighted by Gasteiger charge is 2.31. The second-order valence-electron chi connectivity index (χ2n) is 6.48. The summed E-state index contributed by atoms with van der Waals surface area (Å²) in [5.41, 5.74) is 8.35. The maximum atomic E-state index is 5.66. The van der Waals surface area contributed by atoms with Crippen LogP contribution in [0.5, 0.6) is 0 Å². The van der Waals surface area contributed by atoms with Gasteiger partial charge in [-0.05, 0) is 28.5 Å². The first-order valence-corrected chi connectivity index (χ1v) is 6.27. The molecular formula is C15H26N2. The van der Waals surface area contributed by atoms with Crippen molar-refractivity contribution >= 4 is 5.69 Å². The smallest absolute Gasteiger partial charge is 0.0314 e. The highest BCUT2D eigenvalue weighted by Crippen LogP contribution is 2.36. The van der Waals surface area contributed by atoms with Gasteiger partial charge in [-0.3, -0.25) is 0 Å². The Morgan fingerprint density at radius 2 is 1.53 bits per heavy atom. The van der Waals surface area contributed by atoms with Gasteiger partial charge in [-0.1, -0.05) is 46.8 Å². The van der Waals surface area contributed by atoms with E-state index in [0.717, 1.165) is 18.8 Å². The number of hydrogen-bond donors (Lipinski definition) is 2. The van der Waals surface area contributed by atoms with Gasteiger partial charge in [0.1, 0.15) is 0 Å². The van der Waals surface area contributed by atoms with E-state index in [4.69, 9.17) is 5.73 Å². The van der Waals surface area contributed by atoms with Gasteiger partial charge in [-0.25, -0.2) is 0 Å². The van der Waals surface area contributed by atoms with Crippen molar-refractivity contribution in [3.8, 4) is 0 Å². The molecule has 17 heavy (non-hydrogen) atoms. The highest BCUT2D eigenvalue weighted by molar-refractivity contribution is 5.39. The maximum absolute atomic E-state index is 5.66. The van der Waals surface area contributed by atoms with Crippen molar-refractivity contribution in [1.29, 1.82) is 0 Å². The summed E-state index contributed by atoms with van der Waals surface area (Å²) in [4.78, 5) is 0. The molecule has 0 aliphatic heterocycles. The van der Waals surface area contributed by atoms with E-state index in [1.54, 1.807) is 0 Å². The molecule has 0 saturated heterocycles. The van der Waals surface area contributed by atoms with E-state index in [1.807, 2.05) is 12.1 Å².